The molecule has 186 valence electrons. The van der Waals surface area contributed by atoms with Crippen LogP contribution in [0.3, 0.4) is 0 Å². The van der Waals surface area contributed by atoms with E-state index in [0.29, 0.717) is 0 Å². The summed E-state index contributed by atoms with van der Waals surface area (Å²) in [6.07, 6.45) is 13.2. The van der Waals surface area contributed by atoms with Crippen molar-refractivity contribution in [3.8, 4) is 11.4 Å². The van der Waals surface area contributed by atoms with E-state index in [1.165, 1.54) is 56.5 Å². The Balaban J connectivity index is 1.66. The van der Waals surface area contributed by atoms with Gasteiger partial charge < -0.3 is 4.57 Å². The lowest BCUT2D eigenvalue weighted by atomic mass is 9.99. The number of nitrogens with zero attached hydrogens (tertiary/aromatic N) is 3. The third-order valence-corrected chi connectivity index (χ3v) is 7.28. The highest BCUT2D eigenvalue weighted by Gasteiger charge is 2.16. The van der Waals surface area contributed by atoms with Crippen LogP contribution >= 0.6 is 0 Å². The largest absolute Gasteiger partial charge is 0.316 e. The zero-order valence-corrected chi connectivity index (χ0v) is 22.3. The van der Waals surface area contributed by atoms with Gasteiger partial charge in [0.1, 0.15) is 6.33 Å². The molecule has 5 aromatic rings. The van der Waals surface area contributed by atoms with Crippen molar-refractivity contribution in [3.63, 3.8) is 0 Å². The monoisotopic (exact) mass is 477 g/mol. The van der Waals surface area contributed by atoms with Gasteiger partial charge >= 0.3 is 0 Å². The Morgan fingerprint density at radius 2 is 1.17 bits per heavy atom. The normalized spacial score (nSPS) is 11.7. The van der Waals surface area contributed by atoms with Gasteiger partial charge in [-0.15, -0.1) is 0 Å². The maximum absolute atomic E-state index is 4.81. The molecule has 0 radical (unpaired) electrons. The van der Waals surface area contributed by atoms with Crippen LogP contribution in [0.5, 0.6) is 0 Å². The summed E-state index contributed by atoms with van der Waals surface area (Å²) in [6.45, 7) is 9.02. The molecular formula is C33H39N3. The van der Waals surface area contributed by atoms with Crippen LogP contribution in [-0.2, 0) is 25.7 Å². The molecule has 0 aliphatic carbocycles. The minimum absolute atomic E-state index is 1.04. The number of imidazole rings is 1. The van der Waals surface area contributed by atoms with Crippen molar-refractivity contribution in [3.05, 3.63) is 89.4 Å². The molecule has 5 rings (SSSR count). The Morgan fingerprint density at radius 3 is 1.81 bits per heavy atom. The Bertz CT molecular complexity index is 1370. The predicted octanol–water partition coefficient (Wildman–Crippen LogP) is 8.78. The second-order valence-electron chi connectivity index (χ2n) is 10.1. The summed E-state index contributed by atoms with van der Waals surface area (Å²) >= 11 is 0. The van der Waals surface area contributed by atoms with E-state index in [0.717, 1.165) is 50.5 Å². The molecule has 3 nitrogen and oxygen atoms in total. The summed E-state index contributed by atoms with van der Waals surface area (Å²) < 4.78 is 4.71. The van der Waals surface area contributed by atoms with Gasteiger partial charge in [-0.3, -0.25) is 4.57 Å². The van der Waals surface area contributed by atoms with Crippen molar-refractivity contribution in [2.24, 2.45) is 0 Å². The molecule has 0 fully saturated rings. The van der Waals surface area contributed by atoms with Crippen LogP contribution in [0.15, 0.2) is 67.1 Å². The van der Waals surface area contributed by atoms with E-state index in [9.17, 15) is 0 Å². The third-order valence-electron chi connectivity index (χ3n) is 7.28. The minimum atomic E-state index is 1.04. The highest BCUT2D eigenvalue weighted by molar-refractivity contribution is 5.83. The third kappa shape index (κ3) is 4.59. The van der Waals surface area contributed by atoms with Gasteiger partial charge in [0.2, 0.25) is 0 Å². The van der Waals surface area contributed by atoms with Crippen LogP contribution in [0, 0.1) is 0 Å². The molecule has 0 unspecified atom stereocenters. The van der Waals surface area contributed by atoms with Gasteiger partial charge in [-0.25, -0.2) is 4.98 Å². The first kappa shape index (κ1) is 24.4. The van der Waals surface area contributed by atoms with E-state index >= 15 is 0 Å². The average Bonchev–Trinajstić information content (AvgIpc) is 3.49. The molecule has 36 heavy (non-hydrogen) atoms. The van der Waals surface area contributed by atoms with Crippen molar-refractivity contribution < 1.29 is 0 Å². The Labute approximate surface area is 215 Å². The molecule has 3 aromatic carbocycles. The fourth-order valence-corrected chi connectivity index (χ4v) is 5.59. The van der Waals surface area contributed by atoms with Crippen LogP contribution in [0.1, 0.15) is 75.6 Å². The van der Waals surface area contributed by atoms with E-state index in [-0.39, 0.29) is 0 Å². The average molecular weight is 478 g/mol. The van der Waals surface area contributed by atoms with Crippen molar-refractivity contribution in [1.29, 1.82) is 0 Å². The van der Waals surface area contributed by atoms with E-state index in [1.807, 2.05) is 6.33 Å². The number of hydrogen-bond acceptors (Lipinski definition) is 1. The van der Waals surface area contributed by atoms with Gasteiger partial charge in [-0.2, -0.15) is 0 Å². The van der Waals surface area contributed by atoms with Crippen molar-refractivity contribution in [2.45, 2.75) is 79.1 Å². The maximum Gasteiger partial charge on any atom is 0.100 e. The zero-order valence-electron chi connectivity index (χ0n) is 22.3. The van der Waals surface area contributed by atoms with E-state index < -0.39 is 0 Å². The molecule has 0 saturated carbocycles. The number of rotatable bonds is 10. The molecule has 3 heteroatoms. The zero-order chi connectivity index (χ0) is 25.1. The molecule has 0 saturated heterocycles. The number of aryl methyl sites for hydroxylation is 4. The van der Waals surface area contributed by atoms with E-state index in [4.69, 9.17) is 4.98 Å². The Hall–Kier alpha value is -3.33. The molecule has 0 amide bonds. The lowest BCUT2D eigenvalue weighted by Crippen LogP contribution is -2.06. The molecule has 0 aliphatic rings. The van der Waals surface area contributed by atoms with Crippen LogP contribution in [0.2, 0.25) is 0 Å². The van der Waals surface area contributed by atoms with Crippen molar-refractivity contribution in [2.75, 3.05) is 0 Å². The maximum atomic E-state index is 4.81. The highest BCUT2D eigenvalue weighted by Crippen LogP contribution is 2.31. The quantitative estimate of drug-likeness (QED) is 0.197. The van der Waals surface area contributed by atoms with Crippen LogP contribution in [0.25, 0.3) is 33.3 Å². The number of fused-ring (bicyclic) bond motifs is 2. The van der Waals surface area contributed by atoms with Crippen LogP contribution in [0.4, 0.5) is 0 Å². The molecule has 2 heterocycles. The van der Waals surface area contributed by atoms with Gasteiger partial charge in [-0.05, 0) is 90.4 Å². The molecular weight excluding hydrogens is 438 g/mol. The SMILES string of the molecule is CCCc1ccc2c(ccn2-c2cc(CCC)c(-n3cnc4cc(CCC)ccc43)cc2CCC)c1. The number of benzene rings is 3. The summed E-state index contributed by atoms with van der Waals surface area (Å²) in [7, 11) is 0. The first-order valence-electron chi connectivity index (χ1n) is 13.9. The second kappa shape index (κ2) is 10.7. The molecule has 0 aliphatic heterocycles. The smallest absolute Gasteiger partial charge is 0.100 e. The number of aromatic nitrogens is 3. The number of hydrogen-bond donors (Lipinski definition) is 0. The molecule has 0 atom stereocenters. The van der Waals surface area contributed by atoms with Crippen LogP contribution in [-0.4, -0.2) is 14.1 Å². The van der Waals surface area contributed by atoms with E-state index in [2.05, 4.69) is 97.6 Å². The van der Waals surface area contributed by atoms with E-state index in [1.54, 1.807) is 0 Å². The molecule has 0 spiro atoms. The van der Waals surface area contributed by atoms with Crippen LogP contribution < -0.4 is 0 Å². The summed E-state index contributed by atoms with van der Waals surface area (Å²) in [5.74, 6) is 0. The fourth-order valence-electron chi connectivity index (χ4n) is 5.59. The van der Waals surface area contributed by atoms with Gasteiger partial charge in [0.15, 0.2) is 0 Å². The highest BCUT2D eigenvalue weighted by atomic mass is 15.1. The van der Waals surface area contributed by atoms with Gasteiger partial charge in [0, 0.05) is 17.3 Å². The van der Waals surface area contributed by atoms with Gasteiger partial charge in [0.05, 0.1) is 22.2 Å². The predicted molar refractivity (Wildman–Crippen MR) is 154 cm³/mol. The lowest BCUT2D eigenvalue weighted by Gasteiger charge is -2.19. The second-order valence-corrected chi connectivity index (χ2v) is 10.1. The molecule has 2 aromatic heterocycles. The summed E-state index contributed by atoms with van der Waals surface area (Å²) in [4.78, 5) is 4.81. The topological polar surface area (TPSA) is 22.8 Å². The minimum Gasteiger partial charge on any atom is -0.316 e. The molecule has 0 bridgehead atoms. The first-order valence-corrected chi connectivity index (χ1v) is 13.9. The summed E-state index contributed by atoms with van der Waals surface area (Å²) in [5, 5.41) is 1.33. The lowest BCUT2D eigenvalue weighted by molar-refractivity contribution is 0.874. The van der Waals surface area contributed by atoms with Crippen molar-refractivity contribution >= 4 is 21.9 Å². The molecule has 0 N–H and O–H groups in total. The standard InChI is InChI=1S/C33H39N3/c1-5-9-24-13-15-30-28(19-24)17-18-35(30)32-21-27(12-8-4)33(22-26(32)11-7-3)36-23-34-29-20-25(10-6-2)14-16-31(29)36/h13-23H,5-12H2,1-4H3. The Kier molecular flexibility index (Phi) is 7.27. The Morgan fingerprint density at radius 1 is 0.583 bits per heavy atom. The van der Waals surface area contributed by atoms with Crippen molar-refractivity contribution in [1.82, 2.24) is 14.1 Å². The summed E-state index contributed by atoms with van der Waals surface area (Å²) in [5.41, 5.74) is 11.7. The van der Waals surface area contributed by atoms with Gasteiger partial charge in [0.25, 0.3) is 0 Å². The summed E-state index contributed by atoms with van der Waals surface area (Å²) in [6, 6.07) is 20.9. The van der Waals surface area contributed by atoms with Gasteiger partial charge in [-0.1, -0.05) is 65.5 Å². The fraction of sp³-hybridized carbons (Fsp3) is 0.364. The first-order chi connectivity index (χ1) is 17.7.